The number of halogens is 2. The molecule has 152 valence electrons. The van der Waals surface area contributed by atoms with Gasteiger partial charge in [0.1, 0.15) is 11.6 Å². The van der Waals surface area contributed by atoms with E-state index in [0.29, 0.717) is 24.0 Å². The number of aromatic nitrogens is 4. The molecule has 0 amide bonds. The molecule has 0 spiro atoms. The molecule has 0 bridgehead atoms. The lowest BCUT2D eigenvalue weighted by Gasteiger charge is -2.06. The number of nitrogens with one attached hydrogen (secondary N) is 2. The number of thiocarbonyl (C=S) groups is 1. The molecular formula is C21H18F2N6S. The zero-order valence-electron chi connectivity index (χ0n) is 15.8. The van der Waals surface area contributed by atoms with Crippen molar-refractivity contribution in [2.75, 3.05) is 10.6 Å². The van der Waals surface area contributed by atoms with Crippen LogP contribution in [0, 0.1) is 11.6 Å². The molecule has 30 heavy (non-hydrogen) atoms. The van der Waals surface area contributed by atoms with Gasteiger partial charge in [-0.2, -0.15) is 10.2 Å². The fraction of sp³-hybridized carbons (Fsp3) is 0.0952. The minimum absolute atomic E-state index is 0.265. The predicted octanol–water partition coefficient (Wildman–Crippen LogP) is 4.26. The van der Waals surface area contributed by atoms with E-state index in [1.54, 1.807) is 45.9 Å². The van der Waals surface area contributed by atoms with E-state index >= 15 is 0 Å². The first-order valence-corrected chi connectivity index (χ1v) is 9.57. The number of nitrogens with zero attached hydrogens (tertiary/aromatic N) is 4. The summed E-state index contributed by atoms with van der Waals surface area (Å²) >= 11 is 5.33. The van der Waals surface area contributed by atoms with Crippen LogP contribution in [0.3, 0.4) is 0 Å². The number of anilines is 2. The van der Waals surface area contributed by atoms with E-state index in [4.69, 9.17) is 12.2 Å². The van der Waals surface area contributed by atoms with Crippen molar-refractivity contribution in [3.05, 3.63) is 95.9 Å². The molecule has 0 saturated heterocycles. The second-order valence-corrected chi connectivity index (χ2v) is 7.07. The summed E-state index contributed by atoms with van der Waals surface area (Å²) in [5, 5.41) is 15.1. The van der Waals surface area contributed by atoms with Gasteiger partial charge < -0.3 is 10.6 Å². The van der Waals surface area contributed by atoms with Gasteiger partial charge in [0.05, 0.1) is 25.0 Å². The lowest BCUT2D eigenvalue weighted by atomic mass is 10.2. The van der Waals surface area contributed by atoms with Gasteiger partial charge in [-0.25, -0.2) is 8.78 Å². The number of hydrogen-bond acceptors (Lipinski definition) is 3. The largest absolute Gasteiger partial charge is 0.330 e. The van der Waals surface area contributed by atoms with E-state index < -0.39 is 0 Å². The van der Waals surface area contributed by atoms with Gasteiger partial charge in [0, 0.05) is 18.5 Å². The summed E-state index contributed by atoms with van der Waals surface area (Å²) in [6.45, 7) is 1.05. The third-order valence-corrected chi connectivity index (χ3v) is 4.49. The van der Waals surface area contributed by atoms with E-state index in [9.17, 15) is 8.78 Å². The summed E-state index contributed by atoms with van der Waals surface area (Å²) in [5.41, 5.74) is 2.61. The number of rotatable bonds is 6. The van der Waals surface area contributed by atoms with Crippen LogP contribution in [0.2, 0.25) is 0 Å². The van der Waals surface area contributed by atoms with Gasteiger partial charge in [-0.1, -0.05) is 24.3 Å². The average Bonchev–Trinajstić information content (AvgIpc) is 3.35. The van der Waals surface area contributed by atoms with Crippen molar-refractivity contribution in [1.29, 1.82) is 0 Å². The quantitative estimate of drug-likeness (QED) is 0.453. The molecule has 9 heteroatoms. The Labute approximate surface area is 177 Å². The van der Waals surface area contributed by atoms with E-state index in [2.05, 4.69) is 20.8 Å². The van der Waals surface area contributed by atoms with Crippen molar-refractivity contribution in [3.8, 4) is 0 Å². The first-order chi connectivity index (χ1) is 14.5. The Hall–Kier alpha value is -3.59. The molecule has 0 fully saturated rings. The SMILES string of the molecule is Fc1ccc(Cn2cc(NC(=S)Nc3ccn(Cc4ccc(F)cc4)n3)cn2)cc1. The molecule has 0 aliphatic heterocycles. The van der Waals surface area contributed by atoms with Gasteiger partial charge in [0.15, 0.2) is 10.9 Å². The van der Waals surface area contributed by atoms with Crippen molar-refractivity contribution in [3.63, 3.8) is 0 Å². The summed E-state index contributed by atoms with van der Waals surface area (Å²) in [7, 11) is 0. The Morgan fingerprint density at radius 3 is 2.07 bits per heavy atom. The van der Waals surface area contributed by atoms with Crippen LogP contribution in [0.4, 0.5) is 20.3 Å². The topological polar surface area (TPSA) is 59.7 Å². The van der Waals surface area contributed by atoms with Crippen LogP contribution < -0.4 is 10.6 Å². The van der Waals surface area contributed by atoms with Gasteiger partial charge in [-0.3, -0.25) is 9.36 Å². The Balaban J connectivity index is 1.30. The zero-order chi connectivity index (χ0) is 20.9. The van der Waals surface area contributed by atoms with E-state index in [0.717, 1.165) is 16.8 Å². The molecule has 0 saturated carbocycles. The Morgan fingerprint density at radius 2 is 1.43 bits per heavy atom. The summed E-state index contributed by atoms with van der Waals surface area (Å²) < 4.78 is 29.5. The molecule has 2 heterocycles. The molecular weight excluding hydrogens is 406 g/mol. The van der Waals surface area contributed by atoms with Crippen molar-refractivity contribution >= 4 is 28.8 Å². The molecule has 4 rings (SSSR count). The highest BCUT2D eigenvalue weighted by Crippen LogP contribution is 2.11. The van der Waals surface area contributed by atoms with Crippen LogP contribution in [0.1, 0.15) is 11.1 Å². The van der Waals surface area contributed by atoms with E-state index in [1.807, 2.05) is 12.4 Å². The molecule has 0 aliphatic rings. The summed E-state index contributed by atoms with van der Waals surface area (Å²) in [6.07, 6.45) is 5.28. The molecule has 0 atom stereocenters. The van der Waals surface area contributed by atoms with Gasteiger partial charge >= 0.3 is 0 Å². The lowest BCUT2D eigenvalue weighted by molar-refractivity contribution is 0.624. The van der Waals surface area contributed by atoms with Gasteiger partial charge in [0.25, 0.3) is 0 Å². The first-order valence-electron chi connectivity index (χ1n) is 9.16. The minimum Gasteiger partial charge on any atom is -0.330 e. The fourth-order valence-corrected chi connectivity index (χ4v) is 3.09. The van der Waals surface area contributed by atoms with Crippen molar-refractivity contribution in [2.45, 2.75) is 13.1 Å². The molecule has 0 aliphatic carbocycles. The Bertz CT molecular complexity index is 1050. The van der Waals surface area contributed by atoms with Crippen LogP contribution in [0.5, 0.6) is 0 Å². The number of benzene rings is 2. The Kier molecular flexibility index (Phi) is 5.80. The van der Waals surface area contributed by atoms with Crippen LogP contribution in [-0.2, 0) is 13.1 Å². The smallest absolute Gasteiger partial charge is 0.176 e. The maximum Gasteiger partial charge on any atom is 0.176 e. The molecule has 4 aromatic rings. The maximum atomic E-state index is 13.0. The third kappa shape index (κ3) is 5.26. The highest BCUT2D eigenvalue weighted by Gasteiger charge is 2.06. The maximum absolute atomic E-state index is 13.0. The summed E-state index contributed by atoms with van der Waals surface area (Å²) in [5.74, 6) is 0.0606. The molecule has 2 aromatic carbocycles. The van der Waals surface area contributed by atoms with Gasteiger partial charge in [0.2, 0.25) is 0 Å². The van der Waals surface area contributed by atoms with Crippen LogP contribution in [0.15, 0.2) is 73.2 Å². The van der Waals surface area contributed by atoms with Gasteiger partial charge in [-0.15, -0.1) is 0 Å². The Morgan fingerprint density at radius 1 is 0.833 bits per heavy atom. The first kappa shape index (κ1) is 19.7. The fourth-order valence-electron chi connectivity index (χ4n) is 2.86. The van der Waals surface area contributed by atoms with Gasteiger partial charge in [-0.05, 0) is 47.6 Å². The van der Waals surface area contributed by atoms with Crippen LogP contribution in [-0.4, -0.2) is 24.7 Å². The molecule has 0 unspecified atom stereocenters. The minimum atomic E-state index is -0.266. The molecule has 6 nitrogen and oxygen atoms in total. The molecule has 0 radical (unpaired) electrons. The van der Waals surface area contributed by atoms with Crippen molar-refractivity contribution in [1.82, 2.24) is 19.6 Å². The summed E-state index contributed by atoms with van der Waals surface area (Å²) in [4.78, 5) is 0. The third-order valence-electron chi connectivity index (χ3n) is 4.29. The zero-order valence-corrected chi connectivity index (χ0v) is 16.6. The monoisotopic (exact) mass is 424 g/mol. The van der Waals surface area contributed by atoms with Crippen molar-refractivity contribution < 1.29 is 8.78 Å². The normalized spacial score (nSPS) is 10.7. The predicted molar refractivity (Wildman–Crippen MR) is 115 cm³/mol. The van der Waals surface area contributed by atoms with E-state index in [-0.39, 0.29) is 11.6 Å². The molecule has 2 N–H and O–H groups in total. The van der Waals surface area contributed by atoms with Crippen LogP contribution in [0.25, 0.3) is 0 Å². The summed E-state index contributed by atoms with van der Waals surface area (Å²) in [6, 6.07) is 14.4. The highest BCUT2D eigenvalue weighted by molar-refractivity contribution is 7.80. The second-order valence-electron chi connectivity index (χ2n) is 6.66. The average molecular weight is 424 g/mol. The van der Waals surface area contributed by atoms with Crippen molar-refractivity contribution in [2.24, 2.45) is 0 Å². The molecule has 2 aromatic heterocycles. The second kappa shape index (κ2) is 8.83. The standard InChI is InChI=1S/C21H18F2N6S/c22-17-5-1-15(2-6-17)12-28-10-9-20(27-28)26-21(30)25-19-11-24-29(14-19)13-16-3-7-18(23)8-4-16/h1-11,14H,12-13H2,(H2,25,26,27,30). The lowest BCUT2D eigenvalue weighted by Crippen LogP contribution is -2.19. The van der Waals surface area contributed by atoms with Crippen LogP contribution >= 0.6 is 12.2 Å². The number of hydrogen-bond donors (Lipinski definition) is 2. The van der Waals surface area contributed by atoms with E-state index in [1.165, 1.54) is 24.3 Å². The highest BCUT2D eigenvalue weighted by atomic mass is 32.1.